The molecule has 1 aromatic rings. The molecule has 1 aliphatic heterocycles. The second-order valence-electron chi connectivity index (χ2n) is 4.57. The van der Waals surface area contributed by atoms with E-state index >= 15 is 0 Å². The van der Waals surface area contributed by atoms with E-state index in [1.165, 1.54) is 6.42 Å². The molecule has 0 radical (unpaired) electrons. The van der Waals surface area contributed by atoms with Crippen molar-refractivity contribution >= 4 is 5.91 Å². The van der Waals surface area contributed by atoms with Crippen molar-refractivity contribution in [2.24, 2.45) is 0 Å². The number of amides is 1. The Kier molecular flexibility index (Phi) is 4.32. The van der Waals surface area contributed by atoms with E-state index in [2.05, 4.69) is 11.5 Å². The van der Waals surface area contributed by atoms with Gasteiger partial charge in [-0.3, -0.25) is 10.2 Å². The third-order valence-corrected chi connectivity index (χ3v) is 3.09. The molecule has 1 fully saturated rings. The van der Waals surface area contributed by atoms with Crippen LogP contribution in [0.25, 0.3) is 0 Å². The van der Waals surface area contributed by atoms with Gasteiger partial charge in [-0.25, -0.2) is 5.01 Å². The Bertz CT molecular complexity index is 441. The lowest BCUT2D eigenvalue weighted by Crippen LogP contribution is -2.45. The van der Waals surface area contributed by atoms with Gasteiger partial charge in [0.15, 0.2) is 0 Å². The molecule has 0 unspecified atom stereocenters. The zero-order valence-corrected chi connectivity index (χ0v) is 10.4. The summed E-state index contributed by atoms with van der Waals surface area (Å²) in [7, 11) is 0. The fraction of sp³-hybridized carbons (Fsp3) is 0.429. The van der Waals surface area contributed by atoms with Crippen LogP contribution in [0.15, 0.2) is 24.3 Å². The van der Waals surface area contributed by atoms with Crippen LogP contribution in [0.4, 0.5) is 0 Å². The van der Waals surface area contributed by atoms with Crippen molar-refractivity contribution < 1.29 is 4.79 Å². The van der Waals surface area contributed by atoms with Gasteiger partial charge in [0.1, 0.15) is 0 Å². The Morgan fingerprint density at radius 1 is 1.22 bits per heavy atom. The first-order valence-electron chi connectivity index (χ1n) is 6.31. The summed E-state index contributed by atoms with van der Waals surface area (Å²) in [5.41, 5.74) is 4.48. The maximum atomic E-state index is 11.8. The maximum absolute atomic E-state index is 11.8. The van der Waals surface area contributed by atoms with E-state index in [1.54, 1.807) is 12.1 Å². The molecule has 2 rings (SSSR count). The number of hydrogen-bond acceptors (Lipinski definition) is 3. The molecule has 94 valence electrons. The van der Waals surface area contributed by atoms with Gasteiger partial charge in [-0.1, -0.05) is 18.6 Å². The van der Waals surface area contributed by atoms with E-state index in [9.17, 15) is 4.79 Å². The third kappa shape index (κ3) is 3.57. The van der Waals surface area contributed by atoms with Crippen LogP contribution in [-0.2, 0) is 11.2 Å². The van der Waals surface area contributed by atoms with Gasteiger partial charge in [0, 0.05) is 13.1 Å². The SMILES string of the molecule is N#Cc1ccc(CC(=O)NN2CCCCC2)cc1. The van der Waals surface area contributed by atoms with E-state index in [0.717, 1.165) is 31.5 Å². The first-order valence-corrected chi connectivity index (χ1v) is 6.31. The summed E-state index contributed by atoms with van der Waals surface area (Å²) in [6.45, 7) is 1.89. The molecular weight excluding hydrogens is 226 g/mol. The zero-order valence-electron chi connectivity index (χ0n) is 10.4. The molecule has 0 aliphatic carbocycles. The standard InChI is InChI=1S/C14H17N3O/c15-11-13-6-4-12(5-7-13)10-14(18)16-17-8-2-1-3-9-17/h4-7H,1-3,8-10H2,(H,16,18). The van der Waals surface area contributed by atoms with Gasteiger partial charge in [-0.2, -0.15) is 5.26 Å². The number of piperidine rings is 1. The molecule has 1 amide bonds. The molecule has 1 saturated heterocycles. The Morgan fingerprint density at radius 2 is 1.89 bits per heavy atom. The third-order valence-electron chi connectivity index (χ3n) is 3.09. The number of nitrogens with zero attached hydrogens (tertiary/aromatic N) is 2. The first kappa shape index (κ1) is 12.6. The summed E-state index contributed by atoms with van der Waals surface area (Å²) in [4.78, 5) is 11.8. The van der Waals surface area contributed by atoms with E-state index < -0.39 is 0 Å². The van der Waals surface area contributed by atoms with Crippen LogP contribution in [0.2, 0.25) is 0 Å². The minimum absolute atomic E-state index is 0.0154. The number of nitriles is 1. The monoisotopic (exact) mass is 243 g/mol. The van der Waals surface area contributed by atoms with Crippen molar-refractivity contribution in [2.75, 3.05) is 13.1 Å². The van der Waals surface area contributed by atoms with Crippen molar-refractivity contribution in [2.45, 2.75) is 25.7 Å². The smallest absolute Gasteiger partial charge is 0.238 e. The molecule has 0 atom stereocenters. The van der Waals surface area contributed by atoms with Gasteiger partial charge >= 0.3 is 0 Å². The van der Waals surface area contributed by atoms with Crippen LogP contribution < -0.4 is 5.43 Å². The molecule has 1 aliphatic rings. The van der Waals surface area contributed by atoms with Crippen molar-refractivity contribution in [1.29, 1.82) is 5.26 Å². The molecular formula is C14H17N3O. The molecule has 18 heavy (non-hydrogen) atoms. The Balaban J connectivity index is 1.84. The lowest BCUT2D eigenvalue weighted by Gasteiger charge is -2.26. The fourth-order valence-corrected chi connectivity index (χ4v) is 2.10. The second kappa shape index (κ2) is 6.18. The topological polar surface area (TPSA) is 56.1 Å². The van der Waals surface area contributed by atoms with Crippen molar-refractivity contribution in [3.63, 3.8) is 0 Å². The molecule has 0 saturated carbocycles. The van der Waals surface area contributed by atoms with Gasteiger partial charge in [0.05, 0.1) is 18.1 Å². The van der Waals surface area contributed by atoms with Crippen LogP contribution in [0.1, 0.15) is 30.4 Å². The molecule has 1 N–H and O–H groups in total. The van der Waals surface area contributed by atoms with E-state index in [1.807, 2.05) is 17.1 Å². The molecule has 1 heterocycles. The van der Waals surface area contributed by atoms with Crippen LogP contribution >= 0.6 is 0 Å². The van der Waals surface area contributed by atoms with Crippen LogP contribution in [-0.4, -0.2) is 24.0 Å². The number of carbonyl (C=O) groups excluding carboxylic acids is 1. The summed E-state index contributed by atoms with van der Waals surface area (Å²) in [5, 5.41) is 10.7. The number of hydrogen-bond donors (Lipinski definition) is 1. The maximum Gasteiger partial charge on any atom is 0.238 e. The van der Waals surface area contributed by atoms with Gasteiger partial charge in [0.25, 0.3) is 0 Å². The number of carbonyl (C=O) groups is 1. The van der Waals surface area contributed by atoms with Crippen molar-refractivity contribution in [1.82, 2.24) is 10.4 Å². The van der Waals surface area contributed by atoms with Crippen LogP contribution in [0.5, 0.6) is 0 Å². The highest BCUT2D eigenvalue weighted by atomic mass is 16.2. The van der Waals surface area contributed by atoms with Crippen molar-refractivity contribution in [3.8, 4) is 6.07 Å². The van der Waals surface area contributed by atoms with Gasteiger partial charge in [0.2, 0.25) is 5.91 Å². The highest BCUT2D eigenvalue weighted by molar-refractivity contribution is 5.78. The predicted octanol–water partition coefficient (Wildman–Crippen LogP) is 1.62. The number of benzene rings is 1. The van der Waals surface area contributed by atoms with Gasteiger partial charge in [-0.15, -0.1) is 0 Å². The summed E-state index contributed by atoms with van der Waals surface area (Å²) < 4.78 is 0. The Morgan fingerprint density at radius 3 is 2.50 bits per heavy atom. The van der Waals surface area contributed by atoms with E-state index in [-0.39, 0.29) is 5.91 Å². The normalized spacial score (nSPS) is 15.9. The average Bonchev–Trinajstić information content (AvgIpc) is 2.40. The van der Waals surface area contributed by atoms with Crippen molar-refractivity contribution in [3.05, 3.63) is 35.4 Å². The van der Waals surface area contributed by atoms with E-state index in [0.29, 0.717) is 12.0 Å². The molecule has 0 spiro atoms. The lowest BCUT2D eigenvalue weighted by molar-refractivity contribution is -0.125. The molecule has 4 nitrogen and oxygen atoms in total. The Hall–Kier alpha value is -1.86. The van der Waals surface area contributed by atoms with Crippen LogP contribution in [0.3, 0.4) is 0 Å². The first-order chi connectivity index (χ1) is 8.78. The summed E-state index contributed by atoms with van der Waals surface area (Å²) >= 11 is 0. The van der Waals surface area contributed by atoms with Crippen LogP contribution in [0, 0.1) is 11.3 Å². The molecule has 0 aromatic heterocycles. The predicted molar refractivity (Wildman–Crippen MR) is 68.4 cm³/mol. The molecule has 0 bridgehead atoms. The number of rotatable bonds is 3. The highest BCUT2D eigenvalue weighted by Crippen LogP contribution is 2.07. The summed E-state index contributed by atoms with van der Waals surface area (Å²) in [6, 6.07) is 9.20. The number of nitrogens with one attached hydrogen (secondary N) is 1. The molecule has 1 aromatic carbocycles. The summed E-state index contributed by atoms with van der Waals surface area (Å²) in [5.74, 6) is 0.0154. The minimum atomic E-state index is 0.0154. The fourth-order valence-electron chi connectivity index (χ4n) is 2.10. The average molecular weight is 243 g/mol. The summed E-state index contributed by atoms with van der Waals surface area (Å²) in [6.07, 6.45) is 3.92. The minimum Gasteiger partial charge on any atom is -0.289 e. The quantitative estimate of drug-likeness (QED) is 0.877. The molecule has 4 heteroatoms. The largest absolute Gasteiger partial charge is 0.289 e. The van der Waals surface area contributed by atoms with Gasteiger partial charge < -0.3 is 0 Å². The van der Waals surface area contributed by atoms with Gasteiger partial charge in [-0.05, 0) is 30.5 Å². The zero-order chi connectivity index (χ0) is 12.8. The second-order valence-corrected chi connectivity index (χ2v) is 4.57. The number of hydrazine groups is 1. The lowest BCUT2D eigenvalue weighted by atomic mass is 10.1. The highest BCUT2D eigenvalue weighted by Gasteiger charge is 2.12. The van der Waals surface area contributed by atoms with E-state index in [4.69, 9.17) is 5.26 Å². The Labute approximate surface area is 107 Å².